The molecule has 1 heterocycles. The number of carboxylic acids is 1. The minimum absolute atomic E-state index is 0.0580. The fraction of sp³-hybridized carbons (Fsp3) is 0.333. The molecule has 0 radical (unpaired) electrons. The number of pyridine rings is 1. The van der Waals surface area contributed by atoms with Crippen LogP contribution in [0.2, 0.25) is 0 Å². The van der Waals surface area contributed by atoms with Gasteiger partial charge in [0.1, 0.15) is 6.04 Å². The average molecular weight is 259 g/mol. The second-order valence-corrected chi connectivity index (χ2v) is 5.26. The minimum Gasteiger partial charge on any atom is -0.480 e. The maximum absolute atomic E-state index is 11.4. The highest BCUT2D eigenvalue weighted by Gasteiger charge is 2.20. The molecular weight excluding hydrogens is 246 g/mol. The van der Waals surface area contributed by atoms with E-state index in [9.17, 15) is 13.2 Å². The molecule has 1 atom stereocenters. The Morgan fingerprint density at radius 1 is 1.59 bits per heavy atom. The van der Waals surface area contributed by atoms with E-state index in [1.807, 2.05) is 0 Å². The molecule has 0 saturated heterocycles. The number of nitrogens with one attached hydrogen (secondary N) is 1. The van der Waals surface area contributed by atoms with Gasteiger partial charge in [0, 0.05) is 18.9 Å². The van der Waals surface area contributed by atoms with E-state index in [1.165, 1.54) is 6.20 Å². The van der Waals surface area contributed by atoms with Crippen molar-refractivity contribution in [3.05, 3.63) is 30.1 Å². The van der Waals surface area contributed by atoms with Gasteiger partial charge in [-0.25, -0.2) is 13.1 Å². The highest BCUT2D eigenvalue weighted by molar-refractivity contribution is 7.89. The van der Waals surface area contributed by atoms with Crippen LogP contribution in [0.4, 0.5) is 0 Å². The van der Waals surface area contributed by atoms with Crippen LogP contribution in [0.25, 0.3) is 0 Å². The van der Waals surface area contributed by atoms with E-state index in [2.05, 4.69) is 9.71 Å². The van der Waals surface area contributed by atoms with Crippen LogP contribution >= 0.6 is 0 Å². The van der Waals surface area contributed by atoms with E-state index in [4.69, 9.17) is 10.8 Å². The summed E-state index contributed by atoms with van der Waals surface area (Å²) in [5.41, 5.74) is 5.82. The third kappa shape index (κ3) is 4.89. The number of nitrogens with zero attached hydrogens (tertiary/aromatic N) is 1. The van der Waals surface area contributed by atoms with Crippen molar-refractivity contribution in [3.63, 3.8) is 0 Å². The van der Waals surface area contributed by atoms with Crippen molar-refractivity contribution >= 4 is 16.0 Å². The molecule has 0 fully saturated rings. The van der Waals surface area contributed by atoms with Crippen molar-refractivity contribution in [1.82, 2.24) is 9.71 Å². The van der Waals surface area contributed by atoms with Gasteiger partial charge in [0.05, 0.1) is 5.75 Å². The smallest absolute Gasteiger partial charge is 0.321 e. The summed E-state index contributed by atoms with van der Waals surface area (Å²) in [5.74, 6) is -2.00. The molecule has 0 aliphatic carbocycles. The van der Waals surface area contributed by atoms with Gasteiger partial charge in [0.25, 0.3) is 0 Å². The molecule has 0 spiro atoms. The largest absolute Gasteiger partial charge is 0.480 e. The van der Waals surface area contributed by atoms with Crippen LogP contribution in [0, 0.1) is 0 Å². The van der Waals surface area contributed by atoms with E-state index in [-0.39, 0.29) is 6.54 Å². The molecule has 0 bridgehead atoms. The first-order valence-electron chi connectivity index (χ1n) is 4.75. The van der Waals surface area contributed by atoms with Crippen molar-refractivity contribution in [2.45, 2.75) is 12.6 Å². The van der Waals surface area contributed by atoms with E-state index in [0.29, 0.717) is 5.56 Å². The Balaban J connectivity index is 2.54. The lowest BCUT2D eigenvalue weighted by Gasteiger charge is -2.09. The fourth-order valence-corrected chi connectivity index (χ4v) is 2.18. The third-order valence-corrected chi connectivity index (χ3v) is 3.32. The van der Waals surface area contributed by atoms with Gasteiger partial charge in [0.2, 0.25) is 10.0 Å². The van der Waals surface area contributed by atoms with Crippen molar-refractivity contribution < 1.29 is 18.3 Å². The van der Waals surface area contributed by atoms with Crippen LogP contribution in [-0.2, 0) is 21.4 Å². The standard InChI is InChI=1S/C9H13N3O4S/c10-8(9(13)14)6-17(15,16)12-5-7-2-1-3-11-4-7/h1-4,8,12H,5-6,10H2,(H,13,14). The minimum atomic E-state index is -3.71. The first kappa shape index (κ1) is 13.6. The maximum atomic E-state index is 11.4. The summed E-state index contributed by atoms with van der Waals surface area (Å²) in [6, 6.07) is 1.95. The molecule has 17 heavy (non-hydrogen) atoms. The summed E-state index contributed by atoms with van der Waals surface area (Å²) in [6.07, 6.45) is 3.08. The Bertz CT molecular complexity index is 474. The van der Waals surface area contributed by atoms with E-state index < -0.39 is 27.8 Å². The predicted molar refractivity (Wildman–Crippen MR) is 60.5 cm³/mol. The SMILES string of the molecule is NC(CS(=O)(=O)NCc1cccnc1)C(=O)O. The Morgan fingerprint density at radius 3 is 2.82 bits per heavy atom. The van der Waals surface area contributed by atoms with Crippen molar-refractivity contribution in [1.29, 1.82) is 0 Å². The maximum Gasteiger partial charge on any atom is 0.321 e. The summed E-state index contributed by atoms with van der Waals surface area (Å²) >= 11 is 0. The molecule has 0 amide bonds. The number of hydrogen-bond donors (Lipinski definition) is 3. The molecule has 4 N–H and O–H groups in total. The number of hydrogen-bond acceptors (Lipinski definition) is 5. The van der Waals surface area contributed by atoms with Crippen LogP contribution in [0.1, 0.15) is 5.56 Å². The molecule has 1 rings (SSSR count). The lowest BCUT2D eigenvalue weighted by molar-refractivity contribution is -0.137. The van der Waals surface area contributed by atoms with Crippen molar-refractivity contribution in [2.75, 3.05) is 5.75 Å². The molecule has 94 valence electrons. The Hall–Kier alpha value is -1.51. The molecule has 0 aromatic carbocycles. The first-order valence-corrected chi connectivity index (χ1v) is 6.40. The Kier molecular flexibility index (Phi) is 4.55. The van der Waals surface area contributed by atoms with Gasteiger partial charge in [-0.2, -0.15) is 0 Å². The summed E-state index contributed by atoms with van der Waals surface area (Å²) in [4.78, 5) is 14.2. The molecule has 1 aromatic heterocycles. The molecule has 7 nitrogen and oxygen atoms in total. The molecule has 1 aromatic rings. The number of sulfonamides is 1. The zero-order valence-electron chi connectivity index (χ0n) is 8.91. The van der Waals surface area contributed by atoms with Crippen molar-refractivity contribution in [3.8, 4) is 0 Å². The van der Waals surface area contributed by atoms with E-state index in [0.717, 1.165) is 0 Å². The van der Waals surface area contributed by atoms with Crippen LogP contribution in [0.15, 0.2) is 24.5 Å². The number of aromatic nitrogens is 1. The number of nitrogens with two attached hydrogens (primary N) is 1. The molecule has 8 heteroatoms. The molecular formula is C9H13N3O4S. The summed E-state index contributed by atoms with van der Waals surface area (Å²) in [6.45, 7) is 0.0580. The number of carbonyl (C=O) groups is 1. The van der Waals surface area contributed by atoms with Gasteiger partial charge in [-0.3, -0.25) is 9.78 Å². The predicted octanol–water partition coefficient (Wildman–Crippen LogP) is -1.09. The topological polar surface area (TPSA) is 122 Å². The lowest BCUT2D eigenvalue weighted by Crippen LogP contribution is -2.41. The second-order valence-electron chi connectivity index (χ2n) is 3.41. The van der Waals surface area contributed by atoms with Crippen LogP contribution in [-0.4, -0.2) is 36.3 Å². The summed E-state index contributed by atoms with van der Waals surface area (Å²) in [5, 5.41) is 8.50. The second kappa shape index (κ2) is 5.71. The summed E-state index contributed by atoms with van der Waals surface area (Å²) < 4.78 is 25.1. The zero-order valence-corrected chi connectivity index (χ0v) is 9.72. The van der Waals surface area contributed by atoms with E-state index in [1.54, 1.807) is 18.3 Å². The average Bonchev–Trinajstić information content (AvgIpc) is 2.27. The monoisotopic (exact) mass is 259 g/mol. The molecule has 0 saturated carbocycles. The molecule has 0 aliphatic rings. The number of aliphatic carboxylic acids is 1. The van der Waals surface area contributed by atoms with Gasteiger partial charge in [0.15, 0.2) is 0 Å². The highest BCUT2D eigenvalue weighted by Crippen LogP contribution is 1.97. The first-order chi connectivity index (χ1) is 7.91. The normalized spacial score (nSPS) is 13.2. The van der Waals surface area contributed by atoms with Crippen LogP contribution in [0.5, 0.6) is 0 Å². The van der Waals surface area contributed by atoms with Crippen molar-refractivity contribution in [2.24, 2.45) is 5.73 Å². The van der Waals surface area contributed by atoms with Gasteiger partial charge in [-0.1, -0.05) is 6.07 Å². The molecule has 0 aliphatic heterocycles. The summed E-state index contributed by atoms with van der Waals surface area (Å²) in [7, 11) is -3.71. The van der Waals surface area contributed by atoms with Gasteiger partial charge in [-0.05, 0) is 11.6 Å². The van der Waals surface area contributed by atoms with Gasteiger partial charge in [-0.15, -0.1) is 0 Å². The quantitative estimate of drug-likeness (QED) is 0.596. The van der Waals surface area contributed by atoms with E-state index >= 15 is 0 Å². The zero-order chi connectivity index (χ0) is 12.9. The Morgan fingerprint density at radius 2 is 2.29 bits per heavy atom. The van der Waals surface area contributed by atoms with Crippen LogP contribution in [0.3, 0.4) is 0 Å². The third-order valence-electron chi connectivity index (χ3n) is 1.94. The van der Waals surface area contributed by atoms with Crippen LogP contribution < -0.4 is 10.5 Å². The number of rotatable bonds is 6. The molecule has 1 unspecified atom stereocenters. The highest BCUT2D eigenvalue weighted by atomic mass is 32.2. The fourth-order valence-electron chi connectivity index (χ4n) is 1.06. The van der Waals surface area contributed by atoms with Gasteiger partial charge < -0.3 is 10.8 Å². The number of carboxylic acid groups (broad SMARTS) is 1. The Labute approximate surface area is 98.7 Å². The van der Waals surface area contributed by atoms with Gasteiger partial charge >= 0.3 is 5.97 Å². The lowest BCUT2D eigenvalue weighted by atomic mass is 10.3.